The number of unbranched alkanes of at least 4 members (excludes halogenated alkanes) is 1. The fourth-order valence-electron chi connectivity index (χ4n) is 0.799. The summed E-state index contributed by atoms with van der Waals surface area (Å²) in [6.07, 6.45) is 1.35. The van der Waals surface area contributed by atoms with Crippen LogP contribution in [-0.4, -0.2) is 37.5 Å². The van der Waals surface area contributed by atoms with Crippen LogP contribution in [0.5, 0.6) is 0 Å². The van der Waals surface area contributed by atoms with Crippen molar-refractivity contribution < 1.29 is 4.79 Å². The normalized spacial score (nSPS) is 9.31. The van der Waals surface area contributed by atoms with Crippen molar-refractivity contribution in [2.75, 3.05) is 26.7 Å². The Morgan fingerprint density at radius 1 is 1.62 bits per heavy atom. The standard InChI is InChI=1S/C9H17N3O/c1-3-12(2)9(13)8-11-7-5-4-6-10/h11H,3-5,7-8H2,1-2H3. The molecule has 0 fully saturated rings. The molecule has 0 aromatic carbocycles. The highest BCUT2D eigenvalue weighted by Gasteiger charge is 2.04. The lowest BCUT2D eigenvalue weighted by molar-refractivity contribution is -0.128. The van der Waals surface area contributed by atoms with Crippen molar-refractivity contribution in [3.63, 3.8) is 0 Å². The Bertz CT molecular complexity index is 186. The number of hydrogen-bond donors (Lipinski definition) is 1. The number of hydrogen-bond acceptors (Lipinski definition) is 3. The minimum atomic E-state index is 0.0967. The molecular weight excluding hydrogens is 166 g/mol. The van der Waals surface area contributed by atoms with Gasteiger partial charge in [0.25, 0.3) is 0 Å². The first-order chi connectivity index (χ1) is 6.22. The van der Waals surface area contributed by atoms with Gasteiger partial charge in [0.15, 0.2) is 0 Å². The maximum Gasteiger partial charge on any atom is 0.236 e. The monoisotopic (exact) mass is 183 g/mol. The van der Waals surface area contributed by atoms with Crippen LogP contribution >= 0.6 is 0 Å². The molecule has 4 heteroatoms. The molecule has 0 aliphatic carbocycles. The smallest absolute Gasteiger partial charge is 0.236 e. The molecule has 4 nitrogen and oxygen atoms in total. The van der Waals surface area contributed by atoms with Crippen LogP contribution in [0.1, 0.15) is 19.8 Å². The molecule has 0 radical (unpaired) electrons. The molecule has 0 aliphatic heterocycles. The summed E-state index contributed by atoms with van der Waals surface area (Å²) in [6, 6.07) is 2.05. The van der Waals surface area contributed by atoms with Crippen molar-refractivity contribution in [1.82, 2.24) is 10.2 Å². The van der Waals surface area contributed by atoms with Crippen molar-refractivity contribution in [3.8, 4) is 6.07 Å². The van der Waals surface area contributed by atoms with Crippen LogP contribution in [0.4, 0.5) is 0 Å². The number of carbonyl (C=O) groups is 1. The number of nitrogens with one attached hydrogen (secondary N) is 1. The van der Waals surface area contributed by atoms with E-state index in [2.05, 4.69) is 11.4 Å². The van der Waals surface area contributed by atoms with E-state index in [0.717, 1.165) is 19.5 Å². The molecule has 0 aromatic heterocycles. The first-order valence-corrected chi connectivity index (χ1v) is 4.54. The van der Waals surface area contributed by atoms with Gasteiger partial charge in [-0.1, -0.05) is 0 Å². The summed E-state index contributed by atoms with van der Waals surface area (Å²) in [5.41, 5.74) is 0. The van der Waals surface area contributed by atoms with Gasteiger partial charge in [-0.15, -0.1) is 0 Å². The average Bonchev–Trinajstić information content (AvgIpc) is 2.16. The van der Waals surface area contributed by atoms with E-state index in [-0.39, 0.29) is 5.91 Å². The molecule has 0 saturated heterocycles. The fraction of sp³-hybridized carbons (Fsp3) is 0.778. The number of amides is 1. The third-order valence-corrected chi connectivity index (χ3v) is 1.82. The second-order valence-electron chi connectivity index (χ2n) is 2.85. The molecule has 0 heterocycles. The van der Waals surface area contributed by atoms with Crippen LogP contribution in [0.15, 0.2) is 0 Å². The van der Waals surface area contributed by atoms with Crippen molar-refractivity contribution in [2.24, 2.45) is 0 Å². The van der Waals surface area contributed by atoms with Crippen LogP contribution < -0.4 is 5.32 Å². The SMILES string of the molecule is CCN(C)C(=O)CNCCCC#N. The summed E-state index contributed by atoms with van der Waals surface area (Å²) >= 11 is 0. The van der Waals surface area contributed by atoms with Gasteiger partial charge >= 0.3 is 0 Å². The molecule has 1 N–H and O–H groups in total. The average molecular weight is 183 g/mol. The highest BCUT2D eigenvalue weighted by Crippen LogP contribution is 1.84. The van der Waals surface area contributed by atoms with Gasteiger partial charge in [-0.05, 0) is 19.9 Å². The van der Waals surface area contributed by atoms with E-state index < -0.39 is 0 Å². The van der Waals surface area contributed by atoms with Gasteiger partial charge in [0.05, 0.1) is 12.6 Å². The molecule has 74 valence electrons. The third-order valence-electron chi connectivity index (χ3n) is 1.82. The summed E-state index contributed by atoms with van der Waals surface area (Å²) in [5.74, 6) is 0.0967. The lowest BCUT2D eigenvalue weighted by atomic mass is 10.3. The zero-order valence-corrected chi connectivity index (χ0v) is 8.34. The first-order valence-electron chi connectivity index (χ1n) is 4.54. The van der Waals surface area contributed by atoms with E-state index in [1.54, 1.807) is 11.9 Å². The Labute approximate surface area is 79.5 Å². The number of nitrogens with zero attached hydrogens (tertiary/aromatic N) is 2. The van der Waals surface area contributed by atoms with Crippen LogP contribution in [-0.2, 0) is 4.79 Å². The van der Waals surface area contributed by atoms with Gasteiger partial charge < -0.3 is 10.2 Å². The predicted molar refractivity (Wildman–Crippen MR) is 51.0 cm³/mol. The van der Waals surface area contributed by atoms with Gasteiger partial charge in [-0.2, -0.15) is 5.26 Å². The number of nitriles is 1. The molecule has 13 heavy (non-hydrogen) atoms. The minimum Gasteiger partial charge on any atom is -0.345 e. The summed E-state index contributed by atoms with van der Waals surface area (Å²) in [6.45, 7) is 3.78. The lowest BCUT2D eigenvalue weighted by Gasteiger charge is -2.14. The molecule has 0 spiro atoms. The highest BCUT2D eigenvalue weighted by molar-refractivity contribution is 5.77. The third kappa shape index (κ3) is 6.12. The first kappa shape index (κ1) is 11.9. The van der Waals surface area contributed by atoms with E-state index >= 15 is 0 Å². The number of carbonyl (C=O) groups excluding carboxylic acids is 1. The topological polar surface area (TPSA) is 56.1 Å². The van der Waals surface area contributed by atoms with E-state index in [9.17, 15) is 4.79 Å². The Morgan fingerprint density at radius 3 is 2.85 bits per heavy atom. The molecule has 0 saturated carbocycles. The Hall–Kier alpha value is -1.08. The molecule has 0 rings (SSSR count). The predicted octanol–water partition coefficient (Wildman–Crippen LogP) is 0.358. The summed E-state index contributed by atoms with van der Waals surface area (Å²) in [4.78, 5) is 12.9. The Morgan fingerprint density at radius 2 is 2.31 bits per heavy atom. The van der Waals surface area contributed by atoms with E-state index in [1.165, 1.54) is 0 Å². The van der Waals surface area contributed by atoms with Gasteiger partial charge in [-0.3, -0.25) is 4.79 Å². The summed E-state index contributed by atoms with van der Waals surface area (Å²) in [5, 5.41) is 11.2. The molecule has 0 bridgehead atoms. The largest absolute Gasteiger partial charge is 0.345 e. The quantitative estimate of drug-likeness (QED) is 0.605. The second-order valence-corrected chi connectivity index (χ2v) is 2.85. The van der Waals surface area contributed by atoms with E-state index in [4.69, 9.17) is 5.26 Å². The maximum atomic E-state index is 11.2. The van der Waals surface area contributed by atoms with Crippen LogP contribution in [0.3, 0.4) is 0 Å². The van der Waals surface area contributed by atoms with Crippen LogP contribution in [0, 0.1) is 11.3 Å². The molecule has 0 atom stereocenters. The van der Waals surface area contributed by atoms with E-state index in [1.807, 2.05) is 6.92 Å². The molecular formula is C9H17N3O. The van der Waals surface area contributed by atoms with Crippen molar-refractivity contribution in [2.45, 2.75) is 19.8 Å². The van der Waals surface area contributed by atoms with Gasteiger partial charge in [0.2, 0.25) is 5.91 Å². The number of likely N-dealkylation sites (N-methyl/N-ethyl adjacent to an activating group) is 1. The molecule has 0 unspecified atom stereocenters. The van der Waals surface area contributed by atoms with Crippen molar-refractivity contribution >= 4 is 5.91 Å². The van der Waals surface area contributed by atoms with Crippen molar-refractivity contribution in [3.05, 3.63) is 0 Å². The highest BCUT2D eigenvalue weighted by atomic mass is 16.2. The van der Waals surface area contributed by atoms with Gasteiger partial charge in [0, 0.05) is 20.0 Å². The maximum absolute atomic E-state index is 11.2. The van der Waals surface area contributed by atoms with E-state index in [0.29, 0.717) is 13.0 Å². The van der Waals surface area contributed by atoms with Gasteiger partial charge in [0.1, 0.15) is 0 Å². The second kappa shape index (κ2) is 7.56. The Kier molecular flexibility index (Phi) is 6.93. The Balaban J connectivity index is 3.33. The van der Waals surface area contributed by atoms with Gasteiger partial charge in [-0.25, -0.2) is 0 Å². The van der Waals surface area contributed by atoms with Crippen LogP contribution in [0.2, 0.25) is 0 Å². The molecule has 0 aliphatic rings. The zero-order chi connectivity index (χ0) is 10.1. The van der Waals surface area contributed by atoms with Crippen LogP contribution in [0.25, 0.3) is 0 Å². The molecule has 1 amide bonds. The minimum absolute atomic E-state index is 0.0967. The summed E-state index contributed by atoms with van der Waals surface area (Å²) in [7, 11) is 1.78. The molecule has 0 aromatic rings. The summed E-state index contributed by atoms with van der Waals surface area (Å²) < 4.78 is 0. The zero-order valence-electron chi connectivity index (χ0n) is 8.34. The lowest BCUT2D eigenvalue weighted by Crippen LogP contribution is -2.35. The number of rotatable bonds is 6. The fourth-order valence-corrected chi connectivity index (χ4v) is 0.799. The van der Waals surface area contributed by atoms with Crippen molar-refractivity contribution in [1.29, 1.82) is 5.26 Å².